The van der Waals surface area contributed by atoms with E-state index < -0.39 is 17.7 Å². The summed E-state index contributed by atoms with van der Waals surface area (Å²) in [4.78, 5) is 32.8. The Balaban J connectivity index is 1.24. The van der Waals surface area contributed by atoms with E-state index in [0.717, 1.165) is 25.0 Å². The molecular formula is C28H25FN4O3S. The number of fused-ring (bicyclic) bond motifs is 2. The highest BCUT2D eigenvalue weighted by Gasteiger charge is 2.44. The molecule has 4 aromatic rings. The lowest BCUT2D eigenvalue weighted by Crippen LogP contribution is -2.38. The topological polar surface area (TPSA) is 87.8 Å². The van der Waals surface area contributed by atoms with Crippen molar-refractivity contribution in [3.8, 4) is 11.3 Å². The van der Waals surface area contributed by atoms with Gasteiger partial charge in [0.1, 0.15) is 11.5 Å². The molecule has 0 saturated heterocycles. The summed E-state index contributed by atoms with van der Waals surface area (Å²) in [5.41, 5.74) is 4.55. The minimum absolute atomic E-state index is 0.00910. The third-order valence-electron chi connectivity index (χ3n) is 8.01. The molecule has 1 aliphatic heterocycles. The average Bonchev–Trinajstić information content (AvgIpc) is 3.79. The maximum atomic E-state index is 15.2. The predicted octanol–water partition coefficient (Wildman–Crippen LogP) is 5.42. The Bertz CT molecular complexity index is 1590. The van der Waals surface area contributed by atoms with Crippen molar-refractivity contribution in [3.63, 3.8) is 0 Å². The number of carboxylic acids is 1. The maximum Gasteiger partial charge on any atom is 0.307 e. The molecular weight excluding hydrogens is 491 g/mol. The highest BCUT2D eigenvalue weighted by atomic mass is 32.1. The largest absolute Gasteiger partial charge is 0.481 e. The van der Waals surface area contributed by atoms with Gasteiger partial charge in [0, 0.05) is 34.7 Å². The van der Waals surface area contributed by atoms with Gasteiger partial charge in [-0.3, -0.25) is 9.59 Å². The van der Waals surface area contributed by atoms with Crippen molar-refractivity contribution in [2.75, 3.05) is 6.54 Å². The van der Waals surface area contributed by atoms with Gasteiger partial charge < -0.3 is 10.0 Å². The molecule has 1 N–H and O–H groups in total. The zero-order chi connectivity index (χ0) is 25.4. The first-order valence-corrected chi connectivity index (χ1v) is 13.6. The average molecular weight is 517 g/mol. The number of nitrogens with zero attached hydrogens (tertiary/aromatic N) is 4. The van der Waals surface area contributed by atoms with Crippen LogP contribution >= 0.6 is 11.3 Å². The summed E-state index contributed by atoms with van der Waals surface area (Å²) in [5, 5.41) is 16.0. The van der Waals surface area contributed by atoms with Crippen LogP contribution in [0.15, 0.2) is 41.8 Å². The molecule has 3 aromatic heterocycles. The van der Waals surface area contributed by atoms with E-state index >= 15 is 4.39 Å². The van der Waals surface area contributed by atoms with Crippen LogP contribution in [0.1, 0.15) is 76.3 Å². The zero-order valence-corrected chi connectivity index (χ0v) is 21.0. The van der Waals surface area contributed by atoms with Crippen molar-refractivity contribution in [1.82, 2.24) is 19.5 Å². The standard InChI is InChI=1S/C28H25FN4O3S/c1-14-17-7-9-37-25(17)6-8-32(14)27(34)23-12-24(15-2-3-15)33-26(30-23)13-22(31-33)18-5-4-16(10-21(18)29)19-11-20(19)28(35)36/h4-5,7,9-10,12-15,19-20H,2-3,6,8,11H2,1H3,(H,35,36)/t14-,19?,20-/m1/s1. The number of hydrogen-bond donors (Lipinski definition) is 1. The van der Waals surface area contributed by atoms with Gasteiger partial charge >= 0.3 is 5.97 Å². The second-order valence-electron chi connectivity index (χ2n) is 10.4. The monoisotopic (exact) mass is 516 g/mol. The Morgan fingerprint density at radius 1 is 1.16 bits per heavy atom. The molecule has 7 nitrogen and oxygen atoms in total. The number of aromatic nitrogens is 3. The van der Waals surface area contributed by atoms with Crippen LogP contribution < -0.4 is 0 Å². The number of carbonyl (C=O) groups excluding carboxylic acids is 1. The smallest absolute Gasteiger partial charge is 0.307 e. The van der Waals surface area contributed by atoms with Crippen LogP contribution in [0.25, 0.3) is 16.9 Å². The molecule has 37 heavy (non-hydrogen) atoms. The van der Waals surface area contributed by atoms with E-state index in [9.17, 15) is 14.7 Å². The molecule has 9 heteroatoms. The van der Waals surface area contributed by atoms with Crippen molar-refractivity contribution < 1.29 is 19.1 Å². The molecule has 0 spiro atoms. The molecule has 3 atom stereocenters. The van der Waals surface area contributed by atoms with Crippen molar-refractivity contribution in [2.24, 2.45) is 5.92 Å². The maximum absolute atomic E-state index is 15.2. The highest BCUT2D eigenvalue weighted by Crippen LogP contribution is 2.48. The lowest BCUT2D eigenvalue weighted by atomic mass is 10.0. The number of rotatable bonds is 5. The van der Waals surface area contributed by atoms with Crippen molar-refractivity contribution in [1.29, 1.82) is 0 Å². The summed E-state index contributed by atoms with van der Waals surface area (Å²) in [6.07, 6.45) is 3.43. The number of benzene rings is 1. The lowest BCUT2D eigenvalue weighted by Gasteiger charge is -2.33. The van der Waals surface area contributed by atoms with Gasteiger partial charge in [0.15, 0.2) is 5.65 Å². The van der Waals surface area contributed by atoms with Gasteiger partial charge in [-0.25, -0.2) is 13.9 Å². The first-order valence-electron chi connectivity index (χ1n) is 12.7. The lowest BCUT2D eigenvalue weighted by molar-refractivity contribution is -0.138. The van der Waals surface area contributed by atoms with E-state index in [1.54, 1.807) is 34.1 Å². The summed E-state index contributed by atoms with van der Waals surface area (Å²) in [6, 6.07) is 10.6. The van der Waals surface area contributed by atoms with E-state index in [4.69, 9.17) is 0 Å². The van der Waals surface area contributed by atoms with Gasteiger partial charge in [0.05, 0.1) is 17.7 Å². The number of carboxylic acid groups (broad SMARTS) is 1. The van der Waals surface area contributed by atoms with Gasteiger partial charge in [0.2, 0.25) is 0 Å². The summed E-state index contributed by atoms with van der Waals surface area (Å²) < 4.78 is 16.9. The first kappa shape index (κ1) is 22.6. The summed E-state index contributed by atoms with van der Waals surface area (Å²) in [7, 11) is 0. The molecule has 1 amide bonds. The molecule has 0 radical (unpaired) electrons. The quantitative estimate of drug-likeness (QED) is 0.383. The van der Waals surface area contributed by atoms with E-state index in [1.807, 2.05) is 11.0 Å². The first-order chi connectivity index (χ1) is 17.9. The van der Waals surface area contributed by atoms with Crippen LogP contribution in [-0.4, -0.2) is 43.0 Å². The number of hydrogen-bond acceptors (Lipinski definition) is 5. The molecule has 2 fully saturated rings. The van der Waals surface area contributed by atoms with Gasteiger partial charge in [-0.2, -0.15) is 5.10 Å². The SMILES string of the molecule is C[C@@H]1c2ccsc2CCN1C(=O)c1cc(C2CC2)n2nc(-c3ccc(C4C[C@H]4C(=O)O)cc3F)cc2n1. The summed E-state index contributed by atoms with van der Waals surface area (Å²) >= 11 is 1.74. The predicted molar refractivity (Wildman–Crippen MR) is 136 cm³/mol. The second-order valence-corrected chi connectivity index (χ2v) is 11.4. The molecule has 3 aliphatic rings. The van der Waals surface area contributed by atoms with E-state index in [0.29, 0.717) is 47.0 Å². The van der Waals surface area contributed by atoms with Crippen LogP contribution in [0, 0.1) is 11.7 Å². The number of carbonyl (C=O) groups is 2. The Morgan fingerprint density at radius 3 is 2.73 bits per heavy atom. The Labute approximate surface area is 216 Å². The normalized spacial score (nSPS) is 22.8. The van der Waals surface area contributed by atoms with Crippen LogP contribution in [0.5, 0.6) is 0 Å². The fourth-order valence-corrected chi connectivity index (χ4v) is 6.61. The zero-order valence-electron chi connectivity index (χ0n) is 20.2. The number of halogens is 1. The van der Waals surface area contributed by atoms with E-state index in [-0.39, 0.29) is 17.9 Å². The molecule has 188 valence electrons. The molecule has 2 aliphatic carbocycles. The minimum Gasteiger partial charge on any atom is -0.481 e. The van der Waals surface area contributed by atoms with Crippen LogP contribution in [-0.2, 0) is 11.2 Å². The molecule has 0 bridgehead atoms. The molecule has 7 rings (SSSR count). The number of amides is 1. The molecule has 1 aromatic carbocycles. The van der Waals surface area contributed by atoms with Crippen LogP contribution in [0.2, 0.25) is 0 Å². The fraction of sp³-hybridized carbons (Fsp3) is 0.357. The fourth-order valence-electron chi connectivity index (χ4n) is 5.65. The van der Waals surface area contributed by atoms with Gasteiger partial charge in [-0.15, -0.1) is 11.3 Å². The second kappa shape index (κ2) is 8.21. The number of thiophene rings is 1. The van der Waals surface area contributed by atoms with E-state index in [1.165, 1.54) is 16.5 Å². The molecule has 2 saturated carbocycles. The summed E-state index contributed by atoms with van der Waals surface area (Å²) in [6.45, 7) is 2.72. The van der Waals surface area contributed by atoms with Gasteiger partial charge in [0.25, 0.3) is 5.91 Å². The van der Waals surface area contributed by atoms with Crippen molar-refractivity contribution >= 4 is 28.9 Å². The third-order valence-corrected chi connectivity index (χ3v) is 9.01. The Kier molecular flexibility index (Phi) is 5.01. The van der Waals surface area contributed by atoms with E-state index in [2.05, 4.69) is 28.5 Å². The van der Waals surface area contributed by atoms with Crippen LogP contribution in [0.3, 0.4) is 0 Å². The van der Waals surface area contributed by atoms with Gasteiger partial charge in [-0.05, 0) is 79.3 Å². The minimum atomic E-state index is -0.839. The third kappa shape index (κ3) is 3.75. The van der Waals surface area contributed by atoms with Crippen molar-refractivity contribution in [3.05, 3.63) is 75.0 Å². The molecule has 1 unspecified atom stereocenters. The Morgan fingerprint density at radius 2 is 2.00 bits per heavy atom. The highest BCUT2D eigenvalue weighted by molar-refractivity contribution is 7.10. The molecule has 4 heterocycles. The number of aliphatic carboxylic acids is 1. The van der Waals surface area contributed by atoms with Crippen molar-refractivity contribution in [2.45, 2.75) is 50.5 Å². The van der Waals surface area contributed by atoms with Gasteiger partial charge in [-0.1, -0.05) is 6.07 Å². The Hall–Kier alpha value is -3.59. The summed E-state index contributed by atoms with van der Waals surface area (Å²) in [5.74, 6) is -1.63. The van der Waals surface area contributed by atoms with Crippen LogP contribution in [0.4, 0.5) is 4.39 Å².